The van der Waals surface area contributed by atoms with Crippen molar-refractivity contribution in [2.24, 2.45) is 0 Å². The largest absolute Gasteiger partial charge is 0.495 e. The molecule has 3 aromatic rings. The fraction of sp³-hybridized carbons (Fsp3) is 0.190. The number of rotatable bonds is 6. The molecule has 0 fully saturated rings. The molecule has 144 valence electrons. The predicted octanol–water partition coefficient (Wildman–Crippen LogP) is 5.26. The third-order valence-electron chi connectivity index (χ3n) is 4.15. The summed E-state index contributed by atoms with van der Waals surface area (Å²) in [5.41, 5.74) is 2.86. The average molecular weight is 397 g/mol. The van der Waals surface area contributed by atoms with Gasteiger partial charge in [-0.1, -0.05) is 43.6 Å². The lowest BCUT2D eigenvalue weighted by Gasteiger charge is -2.13. The van der Waals surface area contributed by atoms with Crippen LogP contribution in [0.15, 0.2) is 54.9 Å². The van der Waals surface area contributed by atoms with Gasteiger partial charge in [0.15, 0.2) is 0 Å². The van der Waals surface area contributed by atoms with Crippen LogP contribution < -0.4 is 15.4 Å². The van der Waals surface area contributed by atoms with Crippen LogP contribution in [0.3, 0.4) is 0 Å². The third-order valence-corrected chi connectivity index (χ3v) is 4.39. The molecular formula is C21H21ClN4O2. The first kappa shape index (κ1) is 19.6. The number of hydrogen-bond donors (Lipinski definition) is 2. The van der Waals surface area contributed by atoms with E-state index < -0.39 is 0 Å². The van der Waals surface area contributed by atoms with E-state index in [-0.39, 0.29) is 5.91 Å². The fourth-order valence-electron chi connectivity index (χ4n) is 2.72. The molecule has 0 atom stereocenters. The average Bonchev–Trinajstić information content (AvgIpc) is 2.69. The first-order valence-electron chi connectivity index (χ1n) is 8.81. The van der Waals surface area contributed by atoms with Gasteiger partial charge in [0, 0.05) is 23.1 Å². The topological polar surface area (TPSA) is 76.1 Å². The van der Waals surface area contributed by atoms with Crippen molar-refractivity contribution >= 4 is 34.8 Å². The highest BCUT2D eigenvalue weighted by atomic mass is 35.5. The van der Waals surface area contributed by atoms with Crippen LogP contribution in [-0.2, 0) is 0 Å². The minimum Gasteiger partial charge on any atom is -0.495 e. The van der Waals surface area contributed by atoms with E-state index in [2.05, 4.69) is 34.4 Å². The minimum atomic E-state index is -0.264. The second-order valence-electron chi connectivity index (χ2n) is 6.46. The summed E-state index contributed by atoms with van der Waals surface area (Å²) >= 11 is 6.03. The van der Waals surface area contributed by atoms with E-state index in [4.69, 9.17) is 16.3 Å². The second-order valence-corrected chi connectivity index (χ2v) is 6.90. The van der Waals surface area contributed by atoms with Gasteiger partial charge in [0.1, 0.15) is 5.75 Å². The van der Waals surface area contributed by atoms with Crippen LogP contribution >= 0.6 is 11.6 Å². The Balaban J connectivity index is 1.74. The Morgan fingerprint density at radius 1 is 1.07 bits per heavy atom. The molecule has 6 nitrogen and oxygen atoms in total. The molecule has 2 aromatic carbocycles. The Labute approximate surface area is 168 Å². The number of amides is 1. The number of benzene rings is 2. The number of para-hydroxylation sites is 1. The normalized spacial score (nSPS) is 10.6. The second kappa shape index (κ2) is 8.71. The maximum atomic E-state index is 12.6. The van der Waals surface area contributed by atoms with Gasteiger partial charge in [-0.15, -0.1) is 0 Å². The molecule has 0 aliphatic rings. The molecule has 0 unspecified atom stereocenters. The number of nitrogens with one attached hydrogen (secondary N) is 2. The van der Waals surface area contributed by atoms with Gasteiger partial charge < -0.3 is 15.4 Å². The highest BCUT2D eigenvalue weighted by molar-refractivity contribution is 6.31. The van der Waals surface area contributed by atoms with Crippen molar-refractivity contribution in [3.05, 3.63) is 71.0 Å². The number of halogens is 1. The van der Waals surface area contributed by atoms with Gasteiger partial charge >= 0.3 is 0 Å². The maximum absolute atomic E-state index is 12.6. The van der Waals surface area contributed by atoms with Crippen molar-refractivity contribution < 1.29 is 9.53 Å². The van der Waals surface area contributed by atoms with Crippen LogP contribution in [0, 0.1) is 0 Å². The number of nitrogens with zero attached hydrogens (tertiary/aromatic N) is 2. The zero-order chi connectivity index (χ0) is 20.1. The fourth-order valence-corrected chi connectivity index (χ4v) is 2.89. The van der Waals surface area contributed by atoms with E-state index in [1.165, 1.54) is 12.4 Å². The predicted molar refractivity (Wildman–Crippen MR) is 112 cm³/mol. The van der Waals surface area contributed by atoms with Gasteiger partial charge in [-0.05, 0) is 35.7 Å². The molecule has 1 aromatic heterocycles. The van der Waals surface area contributed by atoms with Crippen LogP contribution in [0.1, 0.15) is 35.7 Å². The van der Waals surface area contributed by atoms with E-state index in [1.807, 2.05) is 24.3 Å². The van der Waals surface area contributed by atoms with Crippen LogP contribution in [-0.4, -0.2) is 23.0 Å². The minimum absolute atomic E-state index is 0.264. The number of carbonyl (C=O) groups is 1. The summed E-state index contributed by atoms with van der Waals surface area (Å²) in [6, 6.07) is 12.9. The molecule has 2 N–H and O–H groups in total. The van der Waals surface area contributed by atoms with Crippen LogP contribution in [0.5, 0.6) is 5.75 Å². The smallest absolute Gasteiger partial charge is 0.258 e. The SMILES string of the molecule is COc1ccc(Cl)cc1Nc1ncc(C(=O)Nc2ccccc2C(C)C)cn1. The quantitative estimate of drug-likeness (QED) is 0.594. The van der Waals surface area contributed by atoms with Crippen molar-refractivity contribution in [3.63, 3.8) is 0 Å². The molecule has 1 amide bonds. The zero-order valence-corrected chi connectivity index (χ0v) is 16.6. The Kier molecular flexibility index (Phi) is 6.11. The van der Waals surface area contributed by atoms with E-state index in [1.54, 1.807) is 25.3 Å². The molecule has 28 heavy (non-hydrogen) atoms. The number of carbonyl (C=O) groups excluding carboxylic acids is 1. The Morgan fingerprint density at radius 2 is 1.79 bits per heavy atom. The number of hydrogen-bond acceptors (Lipinski definition) is 5. The Bertz CT molecular complexity index is 974. The molecule has 1 heterocycles. The van der Waals surface area contributed by atoms with E-state index in [0.717, 1.165) is 11.3 Å². The summed E-state index contributed by atoms with van der Waals surface area (Å²) in [6.45, 7) is 4.16. The van der Waals surface area contributed by atoms with Crippen molar-refractivity contribution in [2.45, 2.75) is 19.8 Å². The summed E-state index contributed by atoms with van der Waals surface area (Å²) < 4.78 is 5.29. The molecule has 0 aliphatic heterocycles. The molecule has 0 spiro atoms. The molecule has 0 saturated carbocycles. The summed E-state index contributed by atoms with van der Waals surface area (Å²) in [4.78, 5) is 21.0. The highest BCUT2D eigenvalue weighted by Crippen LogP contribution is 2.29. The van der Waals surface area contributed by atoms with Gasteiger partial charge in [-0.3, -0.25) is 4.79 Å². The number of anilines is 3. The molecular weight excluding hydrogens is 376 g/mol. The van der Waals surface area contributed by atoms with Crippen LogP contribution in [0.2, 0.25) is 5.02 Å². The summed E-state index contributed by atoms with van der Waals surface area (Å²) in [7, 11) is 1.57. The first-order valence-corrected chi connectivity index (χ1v) is 9.18. The molecule has 7 heteroatoms. The van der Waals surface area contributed by atoms with E-state index in [9.17, 15) is 4.79 Å². The number of aromatic nitrogens is 2. The van der Waals surface area contributed by atoms with E-state index in [0.29, 0.717) is 33.9 Å². The van der Waals surface area contributed by atoms with Crippen molar-refractivity contribution in [1.29, 1.82) is 0 Å². The molecule has 0 saturated heterocycles. The lowest BCUT2D eigenvalue weighted by Crippen LogP contribution is -2.14. The van der Waals surface area contributed by atoms with Gasteiger partial charge in [0.25, 0.3) is 5.91 Å². The van der Waals surface area contributed by atoms with Gasteiger partial charge in [0.05, 0.1) is 18.4 Å². The Hall–Kier alpha value is -3.12. The molecule has 0 bridgehead atoms. The van der Waals surface area contributed by atoms with Gasteiger partial charge in [0.2, 0.25) is 5.95 Å². The number of ether oxygens (including phenoxy) is 1. The third kappa shape index (κ3) is 4.58. The maximum Gasteiger partial charge on any atom is 0.258 e. The zero-order valence-electron chi connectivity index (χ0n) is 15.9. The number of methoxy groups -OCH3 is 1. The van der Waals surface area contributed by atoms with Gasteiger partial charge in [-0.25, -0.2) is 9.97 Å². The van der Waals surface area contributed by atoms with Crippen molar-refractivity contribution in [1.82, 2.24) is 9.97 Å². The Morgan fingerprint density at radius 3 is 2.46 bits per heavy atom. The van der Waals surface area contributed by atoms with Crippen molar-refractivity contribution in [2.75, 3.05) is 17.7 Å². The van der Waals surface area contributed by atoms with E-state index >= 15 is 0 Å². The molecule has 3 rings (SSSR count). The molecule has 0 aliphatic carbocycles. The van der Waals surface area contributed by atoms with Crippen LogP contribution in [0.25, 0.3) is 0 Å². The summed E-state index contributed by atoms with van der Waals surface area (Å²) in [5, 5.41) is 6.53. The van der Waals surface area contributed by atoms with Gasteiger partial charge in [-0.2, -0.15) is 0 Å². The standard InChI is InChI=1S/C21H21ClN4O2/c1-13(2)16-6-4-5-7-17(16)25-20(27)14-11-23-21(24-12-14)26-18-10-15(22)8-9-19(18)28-3/h4-13H,1-3H3,(H,25,27)(H,23,24,26). The first-order chi connectivity index (χ1) is 13.5. The highest BCUT2D eigenvalue weighted by Gasteiger charge is 2.12. The van der Waals surface area contributed by atoms with Crippen molar-refractivity contribution in [3.8, 4) is 5.75 Å². The van der Waals surface area contributed by atoms with Crippen LogP contribution in [0.4, 0.5) is 17.3 Å². The lowest BCUT2D eigenvalue weighted by molar-refractivity contribution is 0.102. The lowest BCUT2D eigenvalue weighted by atomic mass is 10.0. The summed E-state index contributed by atoms with van der Waals surface area (Å²) in [5.74, 6) is 0.979. The monoisotopic (exact) mass is 396 g/mol. The summed E-state index contributed by atoms with van der Waals surface area (Å²) in [6.07, 6.45) is 2.94. The molecule has 0 radical (unpaired) electrons.